The molecule has 0 aromatic rings. The maximum absolute atomic E-state index is 2.17. The molecule has 0 aliphatic heterocycles. The second kappa shape index (κ2) is 1.80. The van der Waals surface area contributed by atoms with Crippen LogP contribution in [0.1, 0.15) is 6.42 Å². The van der Waals surface area contributed by atoms with E-state index in [4.69, 9.17) is 0 Å². The zero-order valence-corrected chi connectivity index (χ0v) is 5.06. The van der Waals surface area contributed by atoms with Crippen molar-refractivity contribution in [1.82, 2.24) is 0 Å². The quantitative estimate of drug-likeness (QED) is 0.388. The predicted molar refractivity (Wildman–Crippen MR) is 27.6 cm³/mol. The minimum atomic E-state index is 1.18. The van der Waals surface area contributed by atoms with Crippen LogP contribution < -0.4 is 0 Å². The first-order valence-electron chi connectivity index (χ1n) is 2.07. The first-order chi connectivity index (χ1) is 2.89. The van der Waals surface area contributed by atoms with Gasteiger partial charge in [-0.2, -0.15) is 0 Å². The van der Waals surface area contributed by atoms with Crippen LogP contribution in [-0.4, -0.2) is 21.7 Å². The van der Waals surface area contributed by atoms with Crippen LogP contribution in [0, 0.1) is 0 Å². The Bertz CT molecular complexity index is 101. The van der Waals surface area contributed by atoms with Crippen molar-refractivity contribution >= 4 is 21.7 Å². The maximum atomic E-state index is 2.17. The predicted octanol–water partition coefficient (Wildman–Crippen LogP) is 0.999. The van der Waals surface area contributed by atoms with Crippen LogP contribution >= 0.6 is 0 Å². The number of rotatable bonds is 0. The summed E-state index contributed by atoms with van der Waals surface area (Å²) in [5.74, 6) is 0. The normalized spacial score (nSPS) is 18.7. The summed E-state index contributed by atoms with van der Waals surface area (Å²) in [7, 11) is 0. The van der Waals surface area contributed by atoms with Gasteiger partial charge in [-0.25, -0.2) is 0 Å². The molecular weight excluding hydrogens is 84.4 g/mol. The third-order valence-electron chi connectivity index (χ3n) is 0.848. The summed E-state index contributed by atoms with van der Waals surface area (Å²) in [5.41, 5.74) is 0. The number of hydrogen-bond donors (Lipinski definition) is 0. The molecule has 6 heavy (non-hydrogen) atoms. The molecule has 0 bridgehead atoms. The zero-order chi connectivity index (χ0) is 4.41. The zero-order valence-electron chi connectivity index (χ0n) is 3.65. The molecule has 0 aromatic carbocycles. The van der Waals surface area contributed by atoms with Gasteiger partial charge in [0.25, 0.3) is 0 Å². The summed E-state index contributed by atoms with van der Waals surface area (Å²) < 4.78 is 1.50. The molecule has 1 rings (SSSR count). The van der Waals surface area contributed by atoms with Crippen molar-refractivity contribution < 1.29 is 0 Å². The van der Waals surface area contributed by atoms with Gasteiger partial charge in [0.15, 0.2) is 0 Å². The van der Waals surface area contributed by atoms with Gasteiger partial charge in [0.05, 0.1) is 0 Å². The fraction of sp³-hybridized carbons (Fsp3) is 0.200. The van der Waals surface area contributed by atoms with Crippen LogP contribution in [0.4, 0.5) is 0 Å². The number of hydrogen-bond acceptors (Lipinski definition) is 0. The molecule has 26 valence electrons. The molecule has 0 aromatic heterocycles. The molecular formula is C5H5Mg+. The van der Waals surface area contributed by atoms with Crippen molar-refractivity contribution in [2.24, 2.45) is 0 Å². The van der Waals surface area contributed by atoms with Gasteiger partial charge in [0, 0.05) is 0 Å². The average molecular weight is 89.4 g/mol. The van der Waals surface area contributed by atoms with Gasteiger partial charge < -0.3 is 0 Å². The fourth-order valence-corrected chi connectivity index (χ4v) is 0.794. The van der Waals surface area contributed by atoms with Gasteiger partial charge in [0.2, 0.25) is 0 Å². The molecule has 0 atom stereocenters. The van der Waals surface area contributed by atoms with Crippen molar-refractivity contribution in [3.8, 4) is 0 Å². The first kappa shape index (κ1) is 4.41. The van der Waals surface area contributed by atoms with Crippen molar-refractivity contribution in [1.29, 1.82) is 0 Å². The third-order valence-corrected chi connectivity index (χ3v) is 1.37. The summed E-state index contributed by atoms with van der Waals surface area (Å²) in [5, 5.41) is 0. The van der Waals surface area contributed by atoms with Gasteiger partial charge in [0.1, 0.15) is 0 Å². The van der Waals surface area contributed by atoms with Gasteiger partial charge in [-0.15, -0.1) is 0 Å². The van der Waals surface area contributed by atoms with Crippen LogP contribution in [0.3, 0.4) is 0 Å². The van der Waals surface area contributed by atoms with Crippen LogP contribution in [0.15, 0.2) is 21.9 Å². The van der Waals surface area contributed by atoms with Crippen LogP contribution in [-0.2, 0) is 0 Å². The summed E-state index contributed by atoms with van der Waals surface area (Å²) in [4.78, 5) is 0. The molecule has 1 aliphatic rings. The molecule has 0 heterocycles. The third kappa shape index (κ3) is 0.852. The molecule has 1 heteroatoms. The second-order valence-electron chi connectivity index (χ2n) is 1.46. The average Bonchev–Trinajstić information content (AvgIpc) is 1.86. The Kier molecular flexibility index (Phi) is 1.32. The molecule has 0 amide bonds. The Balaban J connectivity index is 2.61. The summed E-state index contributed by atoms with van der Waals surface area (Å²) >= 11 is 1.96. The summed E-state index contributed by atoms with van der Waals surface area (Å²) in [6.45, 7) is 0. The summed E-state index contributed by atoms with van der Waals surface area (Å²) in [6.07, 6.45) is 7.60. The van der Waals surface area contributed by atoms with Gasteiger partial charge in [-0.1, -0.05) is 0 Å². The van der Waals surface area contributed by atoms with Gasteiger partial charge in [-0.3, -0.25) is 0 Å². The molecule has 0 unspecified atom stereocenters. The molecule has 0 spiro atoms. The van der Waals surface area contributed by atoms with E-state index in [2.05, 4.69) is 18.2 Å². The van der Waals surface area contributed by atoms with Gasteiger partial charge >= 0.3 is 50.1 Å². The Hall–Kier alpha value is 0.246. The van der Waals surface area contributed by atoms with Gasteiger partial charge in [-0.05, 0) is 0 Å². The molecule has 0 N–H and O–H groups in total. The van der Waals surface area contributed by atoms with E-state index in [1.165, 1.54) is 10.1 Å². The topological polar surface area (TPSA) is 0 Å². The van der Waals surface area contributed by atoms with E-state index in [1.54, 1.807) is 0 Å². The molecule has 0 saturated carbocycles. The van der Waals surface area contributed by atoms with Crippen LogP contribution in [0.2, 0.25) is 0 Å². The van der Waals surface area contributed by atoms with Crippen molar-refractivity contribution in [2.75, 3.05) is 0 Å². The van der Waals surface area contributed by atoms with E-state index in [0.29, 0.717) is 0 Å². The standard InChI is InChI=1S/C5H5.Mg/c1-2-4-5-3-1;/h1-3H,4H2;/q;+1. The van der Waals surface area contributed by atoms with Crippen molar-refractivity contribution in [2.45, 2.75) is 6.42 Å². The second-order valence-corrected chi connectivity index (χ2v) is 2.37. The van der Waals surface area contributed by atoms with Crippen LogP contribution in [0.25, 0.3) is 0 Å². The van der Waals surface area contributed by atoms with Crippen LogP contribution in [0.5, 0.6) is 0 Å². The molecule has 0 fully saturated rings. The fourth-order valence-electron chi connectivity index (χ4n) is 0.492. The number of allylic oxidation sites excluding steroid dienone is 4. The molecule has 1 aliphatic carbocycles. The Morgan fingerprint density at radius 3 is 2.67 bits per heavy atom. The molecule has 0 radical (unpaired) electrons. The summed E-state index contributed by atoms with van der Waals surface area (Å²) in [6, 6.07) is 0. The molecule has 0 saturated heterocycles. The minimum absolute atomic E-state index is 1.18. The first-order valence-corrected chi connectivity index (χ1v) is 2.78. The SMILES string of the molecule is [Mg+][C]1=CC=CC1. The Labute approximate surface area is 50.4 Å². The Morgan fingerprint density at radius 2 is 2.50 bits per heavy atom. The van der Waals surface area contributed by atoms with Crippen molar-refractivity contribution in [3.05, 3.63) is 21.9 Å². The van der Waals surface area contributed by atoms with E-state index in [0.717, 1.165) is 0 Å². The van der Waals surface area contributed by atoms with E-state index >= 15 is 0 Å². The van der Waals surface area contributed by atoms with E-state index in [9.17, 15) is 0 Å². The monoisotopic (exact) mass is 89.0 g/mol. The van der Waals surface area contributed by atoms with E-state index in [1.807, 2.05) is 21.7 Å². The Morgan fingerprint density at radius 1 is 1.67 bits per heavy atom. The van der Waals surface area contributed by atoms with Crippen molar-refractivity contribution in [3.63, 3.8) is 0 Å². The molecule has 0 nitrogen and oxygen atoms in total. The van der Waals surface area contributed by atoms with E-state index < -0.39 is 0 Å². The van der Waals surface area contributed by atoms with E-state index in [-0.39, 0.29) is 0 Å².